The van der Waals surface area contributed by atoms with Gasteiger partial charge in [-0.3, -0.25) is 4.90 Å². The molecule has 1 aliphatic rings. The molecular formula is C13H20N2. The van der Waals surface area contributed by atoms with Crippen molar-refractivity contribution in [2.24, 2.45) is 0 Å². The lowest BCUT2D eigenvalue weighted by atomic mass is 10.0. The zero-order chi connectivity index (χ0) is 10.7. The summed E-state index contributed by atoms with van der Waals surface area (Å²) in [7, 11) is 2.06. The van der Waals surface area contributed by atoms with Gasteiger partial charge in [-0.25, -0.2) is 0 Å². The van der Waals surface area contributed by atoms with Crippen LogP contribution in [0.3, 0.4) is 0 Å². The standard InChI is InChI=1S/C13H20N2/c1-13(14-2)8-9-15(11-13)10-12-6-4-3-5-7-12/h3-7,14H,8-11H2,1-2H3. The molecule has 1 heterocycles. The van der Waals surface area contributed by atoms with E-state index in [-0.39, 0.29) is 0 Å². The Labute approximate surface area is 92.3 Å². The van der Waals surface area contributed by atoms with E-state index in [1.165, 1.54) is 18.5 Å². The van der Waals surface area contributed by atoms with Gasteiger partial charge in [0.05, 0.1) is 0 Å². The van der Waals surface area contributed by atoms with Gasteiger partial charge in [0.15, 0.2) is 0 Å². The Morgan fingerprint density at radius 2 is 2.07 bits per heavy atom. The summed E-state index contributed by atoms with van der Waals surface area (Å²) in [5, 5.41) is 3.41. The van der Waals surface area contributed by atoms with Crippen molar-refractivity contribution in [2.45, 2.75) is 25.4 Å². The Balaban J connectivity index is 1.93. The van der Waals surface area contributed by atoms with E-state index in [0.717, 1.165) is 13.1 Å². The molecule has 2 nitrogen and oxygen atoms in total. The Bertz CT molecular complexity index is 310. The van der Waals surface area contributed by atoms with E-state index in [4.69, 9.17) is 0 Å². The Hall–Kier alpha value is -0.860. The maximum atomic E-state index is 3.41. The van der Waals surface area contributed by atoms with E-state index in [1.807, 2.05) is 0 Å². The number of benzene rings is 1. The van der Waals surface area contributed by atoms with Gasteiger partial charge in [0.25, 0.3) is 0 Å². The molecule has 1 aromatic rings. The van der Waals surface area contributed by atoms with Crippen molar-refractivity contribution < 1.29 is 0 Å². The number of likely N-dealkylation sites (N-methyl/N-ethyl adjacent to an activating group) is 1. The summed E-state index contributed by atoms with van der Waals surface area (Å²) in [5.41, 5.74) is 1.73. The summed E-state index contributed by atoms with van der Waals surface area (Å²) in [5.74, 6) is 0. The molecule has 1 unspecified atom stereocenters. The molecule has 0 aromatic heterocycles. The minimum Gasteiger partial charge on any atom is -0.313 e. The van der Waals surface area contributed by atoms with Crippen LogP contribution in [-0.4, -0.2) is 30.6 Å². The third-order valence-electron chi connectivity index (χ3n) is 3.40. The maximum absolute atomic E-state index is 3.41. The van der Waals surface area contributed by atoms with Gasteiger partial charge in [0.1, 0.15) is 0 Å². The summed E-state index contributed by atoms with van der Waals surface area (Å²) in [6.45, 7) is 5.74. The van der Waals surface area contributed by atoms with Crippen LogP contribution in [0.15, 0.2) is 30.3 Å². The first kappa shape index (κ1) is 10.7. The molecule has 0 saturated carbocycles. The van der Waals surface area contributed by atoms with E-state index >= 15 is 0 Å². The van der Waals surface area contributed by atoms with Crippen LogP contribution < -0.4 is 5.32 Å². The van der Waals surface area contributed by atoms with Crippen LogP contribution in [0.4, 0.5) is 0 Å². The highest BCUT2D eigenvalue weighted by atomic mass is 15.2. The molecule has 1 aromatic carbocycles. The van der Waals surface area contributed by atoms with Gasteiger partial charge in [-0.15, -0.1) is 0 Å². The summed E-state index contributed by atoms with van der Waals surface area (Å²) in [6.07, 6.45) is 1.25. The van der Waals surface area contributed by atoms with Crippen LogP contribution in [0.25, 0.3) is 0 Å². The smallest absolute Gasteiger partial charge is 0.0289 e. The van der Waals surface area contributed by atoms with Crippen molar-refractivity contribution >= 4 is 0 Å². The largest absolute Gasteiger partial charge is 0.313 e. The fourth-order valence-corrected chi connectivity index (χ4v) is 2.24. The highest BCUT2D eigenvalue weighted by Gasteiger charge is 2.31. The highest BCUT2D eigenvalue weighted by Crippen LogP contribution is 2.21. The number of nitrogens with one attached hydrogen (secondary N) is 1. The quantitative estimate of drug-likeness (QED) is 0.808. The van der Waals surface area contributed by atoms with Gasteiger partial charge in [-0.05, 0) is 26.0 Å². The van der Waals surface area contributed by atoms with E-state index in [2.05, 4.69) is 54.5 Å². The third kappa shape index (κ3) is 2.58. The number of hydrogen-bond acceptors (Lipinski definition) is 2. The molecule has 1 aliphatic heterocycles. The number of hydrogen-bond donors (Lipinski definition) is 1. The first-order valence-corrected chi connectivity index (χ1v) is 5.67. The van der Waals surface area contributed by atoms with Crippen molar-refractivity contribution in [1.82, 2.24) is 10.2 Å². The Morgan fingerprint density at radius 1 is 1.33 bits per heavy atom. The molecule has 2 rings (SSSR count). The van der Waals surface area contributed by atoms with Gasteiger partial charge in [0, 0.05) is 25.2 Å². The topological polar surface area (TPSA) is 15.3 Å². The van der Waals surface area contributed by atoms with Crippen LogP contribution in [0.5, 0.6) is 0 Å². The van der Waals surface area contributed by atoms with Gasteiger partial charge in [-0.1, -0.05) is 30.3 Å². The molecule has 1 atom stereocenters. The van der Waals surface area contributed by atoms with Crippen molar-refractivity contribution in [2.75, 3.05) is 20.1 Å². The lowest BCUT2D eigenvalue weighted by molar-refractivity contribution is 0.294. The SMILES string of the molecule is CNC1(C)CCN(Cc2ccccc2)C1. The maximum Gasteiger partial charge on any atom is 0.0289 e. The minimum atomic E-state index is 0.314. The zero-order valence-corrected chi connectivity index (χ0v) is 9.66. The summed E-state index contributed by atoms with van der Waals surface area (Å²) >= 11 is 0. The van der Waals surface area contributed by atoms with Crippen LogP contribution in [0, 0.1) is 0 Å². The molecule has 0 radical (unpaired) electrons. The average molecular weight is 204 g/mol. The summed E-state index contributed by atoms with van der Waals surface area (Å²) < 4.78 is 0. The molecule has 1 fully saturated rings. The average Bonchev–Trinajstić information content (AvgIpc) is 2.63. The molecule has 82 valence electrons. The molecule has 15 heavy (non-hydrogen) atoms. The summed E-state index contributed by atoms with van der Waals surface area (Å²) in [4.78, 5) is 2.52. The van der Waals surface area contributed by atoms with Crippen LogP contribution in [0.1, 0.15) is 18.9 Å². The predicted molar refractivity (Wildman–Crippen MR) is 63.8 cm³/mol. The lowest BCUT2D eigenvalue weighted by Crippen LogP contribution is -2.42. The van der Waals surface area contributed by atoms with E-state index < -0.39 is 0 Å². The van der Waals surface area contributed by atoms with Crippen LogP contribution in [-0.2, 0) is 6.54 Å². The van der Waals surface area contributed by atoms with E-state index in [0.29, 0.717) is 5.54 Å². The molecule has 0 spiro atoms. The molecule has 1 N–H and O–H groups in total. The fourth-order valence-electron chi connectivity index (χ4n) is 2.24. The van der Waals surface area contributed by atoms with Crippen molar-refractivity contribution in [1.29, 1.82) is 0 Å². The van der Waals surface area contributed by atoms with E-state index in [9.17, 15) is 0 Å². The third-order valence-corrected chi connectivity index (χ3v) is 3.40. The van der Waals surface area contributed by atoms with Gasteiger partial charge in [0.2, 0.25) is 0 Å². The zero-order valence-electron chi connectivity index (χ0n) is 9.66. The fraction of sp³-hybridized carbons (Fsp3) is 0.538. The van der Waals surface area contributed by atoms with Crippen molar-refractivity contribution in [3.63, 3.8) is 0 Å². The molecule has 2 heteroatoms. The Kier molecular flexibility index (Phi) is 3.08. The predicted octanol–water partition coefficient (Wildman–Crippen LogP) is 1.87. The number of nitrogens with zero attached hydrogens (tertiary/aromatic N) is 1. The van der Waals surface area contributed by atoms with Gasteiger partial charge in [-0.2, -0.15) is 0 Å². The molecule has 1 saturated heterocycles. The number of rotatable bonds is 3. The second kappa shape index (κ2) is 4.33. The van der Waals surface area contributed by atoms with Crippen molar-refractivity contribution in [3.05, 3.63) is 35.9 Å². The van der Waals surface area contributed by atoms with Gasteiger partial charge >= 0.3 is 0 Å². The lowest BCUT2D eigenvalue weighted by Gasteiger charge is -2.24. The highest BCUT2D eigenvalue weighted by molar-refractivity contribution is 5.15. The van der Waals surface area contributed by atoms with Crippen LogP contribution >= 0.6 is 0 Å². The molecule has 0 amide bonds. The minimum absolute atomic E-state index is 0.314. The van der Waals surface area contributed by atoms with Gasteiger partial charge < -0.3 is 5.32 Å². The van der Waals surface area contributed by atoms with E-state index in [1.54, 1.807) is 0 Å². The summed E-state index contributed by atoms with van der Waals surface area (Å²) in [6, 6.07) is 10.7. The monoisotopic (exact) mass is 204 g/mol. The Morgan fingerprint density at radius 3 is 2.67 bits per heavy atom. The molecular weight excluding hydrogens is 184 g/mol. The second-order valence-corrected chi connectivity index (χ2v) is 4.76. The first-order valence-electron chi connectivity index (χ1n) is 5.67. The first-order chi connectivity index (χ1) is 7.22. The molecule has 0 aliphatic carbocycles. The van der Waals surface area contributed by atoms with Crippen LogP contribution in [0.2, 0.25) is 0 Å². The van der Waals surface area contributed by atoms with Crippen molar-refractivity contribution in [3.8, 4) is 0 Å². The number of likely N-dealkylation sites (tertiary alicyclic amines) is 1. The normalized spacial score (nSPS) is 27.1. The second-order valence-electron chi connectivity index (χ2n) is 4.76. The molecule has 0 bridgehead atoms.